The zero-order valence-electron chi connectivity index (χ0n) is 4.29. The fourth-order valence-electron chi connectivity index (χ4n) is 0.0779. The number of carbonyl (C=O) groups excluding carboxylic acids is 1. The van der Waals surface area contributed by atoms with Crippen LogP contribution in [0.25, 0.3) is 0 Å². The van der Waals surface area contributed by atoms with Crippen LogP contribution in [-0.2, 0) is 4.79 Å². The molecule has 0 radical (unpaired) electrons. The number of nitriles is 1. The predicted molar refractivity (Wildman–Crippen MR) is 27.8 cm³/mol. The van der Waals surface area contributed by atoms with E-state index >= 15 is 0 Å². The van der Waals surface area contributed by atoms with Crippen LogP contribution in [0.4, 0.5) is 0 Å². The molecule has 0 spiro atoms. The van der Waals surface area contributed by atoms with Gasteiger partial charge in [-0.3, -0.25) is 16.5 Å². The number of hydrogen-bond donors (Lipinski definition) is 3. The standard InChI is InChI=1S/C3H4N2O.H4N2/c4-2-1-3(5)6;1-2/h1H2,(H2,5,6);1-2H2. The van der Waals surface area contributed by atoms with E-state index in [4.69, 9.17) is 5.26 Å². The van der Waals surface area contributed by atoms with Crippen LogP contribution in [0, 0.1) is 11.3 Å². The first kappa shape index (κ1) is 9.99. The van der Waals surface area contributed by atoms with Crippen molar-refractivity contribution in [3.05, 3.63) is 0 Å². The Kier molecular flexibility index (Phi) is 11.6. The molecule has 5 heteroatoms. The summed E-state index contributed by atoms with van der Waals surface area (Å²) in [7, 11) is 0. The Morgan fingerprint density at radius 1 is 1.62 bits per heavy atom. The first-order valence-corrected chi connectivity index (χ1v) is 1.76. The molecule has 46 valence electrons. The van der Waals surface area contributed by atoms with Crippen LogP contribution in [0.5, 0.6) is 0 Å². The van der Waals surface area contributed by atoms with E-state index in [-0.39, 0.29) is 6.42 Å². The van der Waals surface area contributed by atoms with Crippen LogP contribution in [-0.4, -0.2) is 5.91 Å². The van der Waals surface area contributed by atoms with Crippen molar-refractivity contribution in [3.63, 3.8) is 0 Å². The van der Waals surface area contributed by atoms with Gasteiger partial charge in [-0.25, -0.2) is 0 Å². The summed E-state index contributed by atoms with van der Waals surface area (Å²) >= 11 is 0. The maximum absolute atomic E-state index is 9.60. The van der Waals surface area contributed by atoms with Gasteiger partial charge in [-0.1, -0.05) is 0 Å². The highest BCUT2D eigenvalue weighted by atomic mass is 16.1. The molecule has 6 N–H and O–H groups in total. The molecular formula is C3H8N4O. The molecule has 0 saturated heterocycles. The Labute approximate surface area is 47.0 Å². The zero-order chi connectivity index (χ0) is 6.99. The molecule has 0 fully saturated rings. The smallest absolute Gasteiger partial charge is 0.231 e. The maximum Gasteiger partial charge on any atom is 0.231 e. The second kappa shape index (κ2) is 9.30. The third-order valence-corrected chi connectivity index (χ3v) is 0.253. The number of nitrogens with two attached hydrogens (primary N) is 3. The van der Waals surface area contributed by atoms with Gasteiger partial charge in [-0.2, -0.15) is 5.26 Å². The summed E-state index contributed by atoms with van der Waals surface area (Å²) in [5.41, 5.74) is 4.54. The van der Waals surface area contributed by atoms with E-state index in [2.05, 4.69) is 17.4 Å². The summed E-state index contributed by atoms with van der Waals surface area (Å²) in [4.78, 5) is 9.60. The molecule has 0 rings (SSSR count). The summed E-state index contributed by atoms with van der Waals surface area (Å²) in [5.74, 6) is 7.43. The quantitative estimate of drug-likeness (QED) is 0.276. The fourth-order valence-corrected chi connectivity index (χ4v) is 0.0779. The van der Waals surface area contributed by atoms with Crippen LogP contribution in [0.2, 0.25) is 0 Å². The van der Waals surface area contributed by atoms with Crippen molar-refractivity contribution < 1.29 is 4.79 Å². The lowest BCUT2D eigenvalue weighted by atomic mass is 10.5. The monoisotopic (exact) mass is 116 g/mol. The van der Waals surface area contributed by atoms with Crippen LogP contribution >= 0.6 is 0 Å². The number of primary amides is 1. The number of nitrogens with zero attached hydrogens (tertiary/aromatic N) is 1. The molecule has 0 unspecified atom stereocenters. The van der Waals surface area contributed by atoms with E-state index in [1.54, 1.807) is 6.07 Å². The molecule has 8 heavy (non-hydrogen) atoms. The molecule has 0 aliphatic heterocycles. The lowest BCUT2D eigenvalue weighted by Crippen LogP contribution is -2.07. The highest BCUT2D eigenvalue weighted by Crippen LogP contribution is 1.64. The minimum atomic E-state index is -0.572. The lowest BCUT2D eigenvalue weighted by Gasteiger charge is -1.71. The number of hydrazine groups is 1. The molecule has 0 aromatic heterocycles. The highest BCUT2D eigenvalue weighted by Gasteiger charge is 1.84. The van der Waals surface area contributed by atoms with Crippen molar-refractivity contribution in [2.75, 3.05) is 0 Å². The number of carbonyl (C=O) groups is 1. The number of rotatable bonds is 1. The molecule has 0 aliphatic carbocycles. The number of amides is 1. The van der Waals surface area contributed by atoms with Crippen molar-refractivity contribution in [2.24, 2.45) is 17.4 Å². The SMILES string of the molecule is N#CCC(N)=O.NN. The van der Waals surface area contributed by atoms with Gasteiger partial charge < -0.3 is 5.73 Å². The molecule has 0 heterocycles. The molecule has 0 aromatic rings. The zero-order valence-corrected chi connectivity index (χ0v) is 4.29. The van der Waals surface area contributed by atoms with E-state index in [1.165, 1.54) is 0 Å². The van der Waals surface area contributed by atoms with Gasteiger partial charge in [-0.05, 0) is 0 Å². The van der Waals surface area contributed by atoms with Gasteiger partial charge in [0, 0.05) is 0 Å². The van der Waals surface area contributed by atoms with Crippen LogP contribution in [0.1, 0.15) is 6.42 Å². The Bertz CT molecular complexity index is 93.9. The Balaban J connectivity index is 0. The first-order valence-electron chi connectivity index (χ1n) is 1.76. The van der Waals surface area contributed by atoms with Gasteiger partial charge in [0.15, 0.2) is 0 Å². The van der Waals surface area contributed by atoms with Gasteiger partial charge in [0.1, 0.15) is 6.42 Å². The summed E-state index contributed by atoms with van der Waals surface area (Å²) in [5, 5.41) is 7.69. The largest absolute Gasteiger partial charge is 0.369 e. The normalized spacial score (nSPS) is 5.62. The van der Waals surface area contributed by atoms with Gasteiger partial charge in [0.25, 0.3) is 0 Å². The van der Waals surface area contributed by atoms with E-state index < -0.39 is 5.91 Å². The van der Waals surface area contributed by atoms with Crippen molar-refractivity contribution in [2.45, 2.75) is 6.42 Å². The highest BCUT2D eigenvalue weighted by molar-refractivity contribution is 5.75. The summed E-state index contributed by atoms with van der Waals surface area (Å²) < 4.78 is 0. The number of hydrogen-bond acceptors (Lipinski definition) is 4. The van der Waals surface area contributed by atoms with Gasteiger partial charge in [0.05, 0.1) is 6.07 Å². The molecule has 0 atom stereocenters. The van der Waals surface area contributed by atoms with E-state index in [9.17, 15) is 4.79 Å². The van der Waals surface area contributed by atoms with Crippen molar-refractivity contribution in [1.29, 1.82) is 5.26 Å². The van der Waals surface area contributed by atoms with Gasteiger partial charge >= 0.3 is 0 Å². The van der Waals surface area contributed by atoms with E-state index in [1.807, 2.05) is 0 Å². The molecular weight excluding hydrogens is 108 g/mol. The van der Waals surface area contributed by atoms with Crippen molar-refractivity contribution >= 4 is 5.91 Å². The second-order valence-corrected chi connectivity index (χ2v) is 0.801. The summed E-state index contributed by atoms with van der Waals surface area (Å²) in [6.07, 6.45) is -0.181. The van der Waals surface area contributed by atoms with Crippen molar-refractivity contribution in [1.82, 2.24) is 0 Å². The van der Waals surface area contributed by atoms with E-state index in [0.717, 1.165) is 0 Å². The molecule has 0 bridgehead atoms. The molecule has 0 saturated carbocycles. The van der Waals surface area contributed by atoms with Gasteiger partial charge in [-0.15, -0.1) is 0 Å². The Morgan fingerprint density at radius 3 is 2.00 bits per heavy atom. The fraction of sp³-hybridized carbons (Fsp3) is 0.333. The second-order valence-electron chi connectivity index (χ2n) is 0.801. The van der Waals surface area contributed by atoms with Crippen LogP contribution in [0.15, 0.2) is 0 Å². The third-order valence-electron chi connectivity index (χ3n) is 0.253. The van der Waals surface area contributed by atoms with Crippen LogP contribution < -0.4 is 17.4 Å². The topological polar surface area (TPSA) is 119 Å². The molecule has 1 amide bonds. The van der Waals surface area contributed by atoms with Crippen molar-refractivity contribution in [3.8, 4) is 6.07 Å². The third kappa shape index (κ3) is 20.8. The van der Waals surface area contributed by atoms with Gasteiger partial charge in [0.2, 0.25) is 5.91 Å². The molecule has 0 aromatic carbocycles. The Hall–Kier alpha value is -1.12. The summed E-state index contributed by atoms with van der Waals surface area (Å²) in [6, 6.07) is 1.59. The Morgan fingerprint density at radius 2 is 2.00 bits per heavy atom. The van der Waals surface area contributed by atoms with Crippen LogP contribution in [0.3, 0.4) is 0 Å². The molecule has 5 nitrogen and oxygen atoms in total. The minimum absolute atomic E-state index is 0.181. The average Bonchev–Trinajstić information content (AvgIpc) is 1.72. The maximum atomic E-state index is 9.60. The predicted octanol–water partition coefficient (Wildman–Crippen LogP) is -1.80. The first-order chi connectivity index (χ1) is 3.77. The minimum Gasteiger partial charge on any atom is -0.369 e. The molecule has 0 aliphatic rings. The summed E-state index contributed by atoms with van der Waals surface area (Å²) in [6.45, 7) is 0. The lowest BCUT2D eigenvalue weighted by molar-refractivity contribution is -0.117. The average molecular weight is 116 g/mol. The van der Waals surface area contributed by atoms with E-state index in [0.29, 0.717) is 0 Å².